The van der Waals surface area contributed by atoms with Crippen molar-refractivity contribution in [2.45, 2.75) is 25.3 Å². The summed E-state index contributed by atoms with van der Waals surface area (Å²) in [5.74, 6) is 3.28. The summed E-state index contributed by atoms with van der Waals surface area (Å²) in [6.07, 6.45) is 5.03. The number of piperidine rings is 1. The van der Waals surface area contributed by atoms with Crippen molar-refractivity contribution >= 4 is 40.5 Å². The van der Waals surface area contributed by atoms with Crippen molar-refractivity contribution in [3.05, 3.63) is 95.1 Å². The molecular weight excluding hydrogens is 549 g/mol. The second-order valence-corrected chi connectivity index (χ2v) is 9.56. The van der Waals surface area contributed by atoms with Crippen molar-refractivity contribution in [1.82, 2.24) is 25.2 Å². The Balaban J connectivity index is 1.36. The van der Waals surface area contributed by atoms with E-state index >= 15 is 4.39 Å². The molecule has 2 aromatic heterocycles. The van der Waals surface area contributed by atoms with E-state index in [0.29, 0.717) is 46.3 Å². The van der Waals surface area contributed by atoms with Crippen molar-refractivity contribution in [2.75, 3.05) is 6.54 Å². The topological polar surface area (TPSA) is 125 Å². The average Bonchev–Trinajstić information content (AvgIpc) is 3.00. The van der Waals surface area contributed by atoms with Gasteiger partial charge in [-0.05, 0) is 79.6 Å². The predicted octanol–water partition coefficient (Wildman–Crippen LogP) is 4.30. The molecule has 0 spiro atoms. The lowest BCUT2D eigenvalue weighted by atomic mass is 10.0. The molecule has 41 heavy (non-hydrogen) atoms. The van der Waals surface area contributed by atoms with Gasteiger partial charge in [-0.15, -0.1) is 4.94 Å². The molecule has 1 fully saturated rings. The SMILES string of the molecule is O=C(NNCl)c1cc(-c2ccc(C#Cc3ccc(C(=O)N4CCCCC4C(=O)O)cc3)c(F)c2)nc2ccncc12. The lowest BCUT2D eigenvalue weighted by Gasteiger charge is -2.33. The van der Waals surface area contributed by atoms with E-state index in [2.05, 4.69) is 32.2 Å². The molecule has 4 aromatic rings. The Kier molecular flexibility index (Phi) is 8.19. The van der Waals surface area contributed by atoms with Gasteiger partial charge in [0.05, 0.1) is 22.3 Å². The van der Waals surface area contributed by atoms with E-state index in [1.54, 1.807) is 42.6 Å². The third kappa shape index (κ3) is 6.01. The van der Waals surface area contributed by atoms with E-state index in [1.165, 1.54) is 29.3 Å². The number of fused-ring (bicyclic) bond motifs is 1. The summed E-state index contributed by atoms with van der Waals surface area (Å²) in [4.78, 5) is 49.0. The van der Waals surface area contributed by atoms with Crippen LogP contribution in [0.1, 0.15) is 51.1 Å². The standard InChI is InChI=1S/C30H23ClFN5O4/c31-36-35-28(38)22-16-26(34-25-12-13-33-17-23(22)25)21-11-10-19(24(32)15-21)7-4-18-5-8-20(9-6-18)29(39)37-14-2-1-3-27(37)30(40)41/h5-6,8-13,15-17,27,36H,1-3,14H2,(H,35,38)(H,40,41). The maximum Gasteiger partial charge on any atom is 0.326 e. The molecule has 0 aliphatic carbocycles. The first-order valence-corrected chi connectivity index (χ1v) is 13.1. The Morgan fingerprint density at radius 1 is 1.05 bits per heavy atom. The number of likely N-dealkylation sites (tertiary alicyclic amines) is 1. The summed E-state index contributed by atoms with van der Waals surface area (Å²) >= 11 is 5.42. The second-order valence-electron chi connectivity index (χ2n) is 9.37. The number of hydrogen-bond donors (Lipinski definition) is 3. The number of carbonyl (C=O) groups excluding carboxylic acids is 2. The molecule has 1 saturated heterocycles. The smallest absolute Gasteiger partial charge is 0.326 e. The maximum atomic E-state index is 15.1. The van der Waals surface area contributed by atoms with Crippen LogP contribution < -0.4 is 10.4 Å². The number of amides is 2. The highest BCUT2D eigenvalue weighted by atomic mass is 35.5. The summed E-state index contributed by atoms with van der Waals surface area (Å²) in [6, 6.07) is 13.3. The van der Waals surface area contributed by atoms with Gasteiger partial charge in [-0.2, -0.15) is 0 Å². The first-order chi connectivity index (χ1) is 19.9. The molecule has 2 amide bonds. The van der Waals surface area contributed by atoms with E-state index in [9.17, 15) is 19.5 Å². The zero-order valence-corrected chi connectivity index (χ0v) is 22.3. The van der Waals surface area contributed by atoms with Crippen molar-refractivity contribution < 1.29 is 23.9 Å². The molecule has 3 heterocycles. The van der Waals surface area contributed by atoms with E-state index in [0.717, 1.165) is 12.8 Å². The molecule has 1 unspecified atom stereocenters. The van der Waals surface area contributed by atoms with Gasteiger partial charge in [0.15, 0.2) is 0 Å². The summed E-state index contributed by atoms with van der Waals surface area (Å²) in [6.45, 7) is 0.400. The second kappa shape index (κ2) is 12.1. The zero-order chi connectivity index (χ0) is 28.9. The van der Waals surface area contributed by atoms with Crippen LogP contribution in [0.25, 0.3) is 22.2 Å². The average molecular weight is 572 g/mol. The molecule has 1 aliphatic heterocycles. The third-order valence-electron chi connectivity index (χ3n) is 6.80. The van der Waals surface area contributed by atoms with Crippen LogP contribution >= 0.6 is 11.8 Å². The first kappa shape index (κ1) is 27.7. The highest BCUT2D eigenvalue weighted by molar-refractivity contribution is 6.15. The number of hydrogen-bond acceptors (Lipinski definition) is 6. The van der Waals surface area contributed by atoms with Crippen LogP contribution in [-0.2, 0) is 4.79 Å². The van der Waals surface area contributed by atoms with Crippen LogP contribution in [0.5, 0.6) is 0 Å². The van der Waals surface area contributed by atoms with E-state index in [1.807, 2.05) is 0 Å². The number of hydrazine groups is 1. The lowest BCUT2D eigenvalue weighted by molar-refractivity contribution is -0.143. The molecule has 2 aromatic carbocycles. The number of halogens is 2. The van der Waals surface area contributed by atoms with E-state index < -0.39 is 23.7 Å². The number of carboxylic acid groups (broad SMARTS) is 1. The van der Waals surface area contributed by atoms with Gasteiger partial charge in [-0.25, -0.2) is 14.2 Å². The Morgan fingerprint density at radius 2 is 1.85 bits per heavy atom. The van der Waals surface area contributed by atoms with Crippen LogP contribution in [0.4, 0.5) is 4.39 Å². The highest BCUT2D eigenvalue weighted by Crippen LogP contribution is 2.26. The molecule has 9 nitrogen and oxygen atoms in total. The number of nitrogens with one attached hydrogen (secondary N) is 2. The minimum Gasteiger partial charge on any atom is -0.480 e. The van der Waals surface area contributed by atoms with Crippen molar-refractivity contribution in [1.29, 1.82) is 0 Å². The fourth-order valence-corrected chi connectivity index (χ4v) is 4.81. The quantitative estimate of drug-likeness (QED) is 0.185. The molecule has 1 atom stereocenters. The van der Waals surface area contributed by atoms with Gasteiger partial charge in [0.25, 0.3) is 11.8 Å². The molecule has 0 radical (unpaired) electrons. The minimum atomic E-state index is -1.00. The van der Waals surface area contributed by atoms with E-state index in [4.69, 9.17) is 11.8 Å². The molecule has 3 N–H and O–H groups in total. The van der Waals surface area contributed by atoms with Gasteiger partial charge in [-0.1, -0.05) is 17.9 Å². The van der Waals surface area contributed by atoms with Crippen molar-refractivity contribution in [3.8, 4) is 23.1 Å². The lowest BCUT2D eigenvalue weighted by Crippen LogP contribution is -2.47. The van der Waals surface area contributed by atoms with Crippen LogP contribution in [0.3, 0.4) is 0 Å². The van der Waals surface area contributed by atoms with Crippen molar-refractivity contribution in [2.24, 2.45) is 0 Å². The van der Waals surface area contributed by atoms with Crippen LogP contribution in [0.15, 0.2) is 67.0 Å². The van der Waals surface area contributed by atoms with Crippen LogP contribution in [0, 0.1) is 17.7 Å². The van der Waals surface area contributed by atoms with E-state index in [-0.39, 0.29) is 17.0 Å². The molecular formula is C30H23ClFN5O4. The number of rotatable bonds is 5. The summed E-state index contributed by atoms with van der Waals surface area (Å²) in [5, 5.41) is 9.96. The molecule has 5 rings (SSSR count). The number of pyridine rings is 2. The molecule has 206 valence electrons. The maximum absolute atomic E-state index is 15.1. The fourth-order valence-electron chi connectivity index (χ4n) is 4.72. The monoisotopic (exact) mass is 571 g/mol. The number of aliphatic carboxylic acids is 1. The Bertz CT molecular complexity index is 1720. The van der Waals surface area contributed by atoms with Gasteiger partial charge in [0.2, 0.25) is 0 Å². The van der Waals surface area contributed by atoms with Gasteiger partial charge in [-0.3, -0.25) is 20.0 Å². The summed E-state index contributed by atoms with van der Waals surface area (Å²) in [7, 11) is 0. The van der Waals surface area contributed by atoms with Gasteiger partial charge in [0.1, 0.15) is 11.9 Å². The van der Waals surface area contributed by atoms with Crippen molar-refractivity contribution in [3.63, 3.8) is 0 Å². The summed E-state index contributed by atoms with van der Waals surface area (Å²) in [5.41, 5.74) is 4.97. The van der Waals surface area contributed by atoms with Crippen LogP contribution in [0.2, 0.25) is 0 Å². The number of benzene rings is 2. The number of carbonyl (C=O) groups is 3. The fraction of sp³-hybridized carbons (Fsp3) is 0.167. The molecule has 0 saturated carbocycles. The predicted molar refractivity (Wildman–Crippen MR) is 150 cm³/mol. The number of carboxylic acids is 1. The Morgan fingerprint density at radius 3 is 2.59 bits per heavy atom. The number of aromatic nitrogens is 2. The molecule has 0 bridgehead atoms. The summed E-state index contributed by atoms with van der Waals surface area (Å²) < 4.78 is 15.1. The van der Waals surface area contributed by atoms with Gasteiger partial charge < -0.3 is 10.0 Å². The molecule has 11 heteroatoms. The minimum absolute atomic E-state index is 0.154. The largest absolute Gasteiger partial charge is 0.480 e. The Hall–Kier alpha value is -4.85. The first-order valence-electron chi connectivity index (χ1n) is 12.7. The third-order valence-corrected chi connectivity index (χ3v) is 6.90. The van der Waals surface area contributed by atoms with Crippen LogP contribution in [-0.4, -0.2) is 50.3 Å². The Labute approximate surface area is 239 Å². The zero-order valence-electron chi connectivity index (χ0n) is 21.5. The highest BCUT2D eigenvalue weighted by Gasteiger charge is 2.32. The van der Waals surface area contributed by atoms with Gasteiger partial charge in [0, 0.05) is 41.0 Å². The number of nitrogens with zero attached hydrogens (tertiary/aromatic N) is 3. The normalized spacial score (nSPS) is 14.7. The van der Waals surface area contributed by atoms with Gasteiger partial charge >= 0.3 is 5.97 Å². The molecule has 1 aliphatic rings.